The second kappa shape index (κ2) is 6.70. The average molecular weight is 420 g/mol. The summed E-state index contributed by atoms with van der Waals surface area (Å²) in [6.45, 7) is 7.14. The quantitative estimate of drug-likeness (QED) is 0.249. The standard InChI is InChI=1S/C28H25N2P/c1-28(2,3)31(29-24-16-8-4-12-20(24)21-13-5-9-17-25(21)29)30-26-18-10-6-14-22(26)23-15-7-11-19-27(23)30/h4-19H,1-3H3. The summed E-state index contributed by atoms with van der Waals surface area (Å²) in [4.78, 5) is 0. The van der Waals surface area contributed by atoms with Crippen molar-refractivity contribution in [2.24, 2.45) is 0 Å². The molecule has 0 spiro atoms. The monoisotopic (exact) mass is 420 g/mol. The number of hydrogen-bond donors (Lipinski definition) is 0. The van der Waals surface area contributed by atoms with Crippen LogP contribution < -0.4 is 0 Å². The van der Waals surface area contributed by atoms with E-state index in [4.69, 9.17) is 0 Å². The molecule has 4 aromatic carbocycles. The Hall–Kier alpha value is -3.09. The minimum absolute atomic E-state index is 0.0461. The van der Waals surface area contributed by atoms with Crippen LogP contribution in [0.4, 0.5) is 0 Å². The minimum Gasteiger partial charge on any atom is -0.301 e. The van der Waals surface area contributed by atoms with E-state index >= 15 is 0 Å². The lowest BCUT2D eigenvalue weighted by Crippen LogP contribution is -2.20. The van der Waals surface area contributed by atoms with Gasteiger partial charge in [0.1, 0.15) is 8.22 Å². The summed E-state index contributed by atoms with van der Waals surface area (Å²) < 4.78 is 5.25. The number of benzene rings is 4. The van der Waals surface area contributed by atoms with Gasteiger partial charge >= 0.3 is 0 Å². The summed E-state index contributed by atoms with van der Waals surface area (Å²) in [7, 11) is -0.784. The van der Waals surface area contributed by atoms with Gasteiger partial charge in [0.25, 0.3) is 0 Å². The number of para-hydroxylation sites is 4. The smallest absolute Gasteiger partial charge is 0.110 e. The lowest BCUT2D eigenvalue weighted by atomic mass is 10.2. The molecule has 2 aromatic heterocycles. The highest BCUT2D eigenvalue weighted by Crippen LogP contribution is 2.58. The van der Waals surface area contributed by atoms with Gasteiger partial charge in [0.2, 0.25) is 0 Å². The first-order valence-corrected chi connectivity index (χ1v) is 12.1. The second-order valence-electron chi connectivity index (χ2n) is 9.15. The highest BCUT2D eigenvalue weighted by Gasteiger charge is 2.33. The van der Waals surface area contributed by atoms with Gasteiger partial charge in [0, 0.05) is 26.7 Å². The summed E-state index contributed by atoms with van der Waals surface area (Å²) >= 11 is 0. The molecule has 0 N–H and O–H groups in total. The molecule has 152 valence electrons. The maximum atomic E-state index is 2.62. The maximum absolute atomic E-state index is 2.62. The van der Waals surface area contributed by atoms with Crippen molar-refractivity contribution in [3.05, 3.63) is 97.1 Å². The van der Waals surface area contributed by atoms with Crippen LogP contribution in [0.2, 0.25) is 0 Å². The van der Waals surface area contributed by atoms with Crippen LogP contribution in [0, 0.1) is 0 Å². The first-order valence-electron chi connectivity index (χ1n) is 10.8. The molecule has 0 aliphatic rings. The maximum Gasteiger partial charge on any atom is 0.110 e. The van der Waals surface area contributed by atoms with Gasteiger partial charge in [-0.15, -0.1) is 0 Å². The molecular formula is C28H25N2P. The zero-order chi connectivity index (χ0) is 21.2. The van der Waals surface area contributed by atoms with Crippen LogP contribution in [-0.4, -0.2) is 13.8 Å². The molecule has 0 amide bonds. The number of hydrogen-bond acceptors (Lipinski definition) is 0. The lowest BCUT2D eigenvalue weighted by molar-refractivity contribution is 0.766. The normalized spacial score (nSPS) is 12.6. The van der Waals surface area contributed by atoms with Crippen LogP contribution >= 0.6 is 8.22 Å². The van der Waals surface area contributed by atoms with Crippen molar-refractivity contribution in [2.45, 2.75) is 25.9 Å². The van der Waals surface area contributed by atoms with Gasteiger partial charge < -0.3 is 8.68 Å². The Morgan fingerprint density at radius 1 is 0.452 bits per heavy atom. The van der Waals surface area contributed by atoms with Gasteiger partial charge in [-0.25, -0.2) is 0 Å². The lowest BCUT2D eigenvalue weighted by Gasteiger charge is -2.35. The predicted octanol–water partition coefficient (Wildman–Crippen LogP) is 8.41. The van der Waals surface area contributed by atoms with E-state index in [9.17, 15) is 0 Å². The Balaban J connectivity index is 1.82. The Morgan fingerprint density at radius 3 is 0.968 bits per heavy atom. The average Bonchev–Trinajstić information content (AvgIpc) is 3.28. The minimum atomic E-state index is -0.784. The van der Waals surface area contributed by atoms with Crippen LogP contribution in [0.5, 0.6) is 0 Å². The van der Waals surface area contributed by atoms with Crippen LogP contribution in [0.15, 0.2) is 97.1 Å². The molecule has 2 nitrogen and oxygen atoms in total. The SMILES string of the molecule is CC(C)(C)P(n1c2ccccc2c2ccccc21)n1c2ccccc2c2ccccc21. The van der Waals surface area contributed by atoms with Crippen molar-refractivity contribution >= 4 is 51.8 Å². The van der Waals surface area contributed by atoms with Gasteiger partial charge in [-0.05, 0) is 24.3 Å². The van der Waals surface area contributed by atoms with Gasteiger partial charge in [-0.3, -0.25) is 0 Å². The molecule has 0 saturated carbocycles. The van der Waals surface area contributed by atoms with Gasteiger partial charge in [0.15, 0.2) is 0 Å². The van der Waals surface area contributed by atoms with E-state index in [0.717, 1.165) is 0 Å². The van der Waals surface area contributed by atoms with Crippen molar-refractivity contribution in [2.75, 3.05) is 0 Å². The molecule has 0 aliphatic carbocycles. The highest BCUT2D eigenvalue weighted by atomic mass is 31.1. The van der Waals surface area contributed by atoms with Crippen LogP contribution in [0.3, 0.4) is 0 Å². The van der Waals surface area contributed by atoms with Gasteiger partial charge in [-0.2, -0.15) is 0 Å². The molecule has 31 heavy (non-hydrogen) atoms. The molecule has 2 heterocycles. The fraction of sp³-hybridized carbons (Fsp3) is 0.143. The van der Waals surface area contributed by atoms with Crippen molar-refractivity contribution in [1.29, 1.82) is 0 Å². The van der Waals surface area contributed by atoms with E-state index in [2.05, 4.69) is 127 Å². The Kier molecular flexibility index (Phi) is 4.04. The molecule has 6 aromatic rings. The topological polar surface area (TPSA) is 9.86 Å². The number of aromatic nitrogens is 2. The number of nitrogens with zero attached hydrogens (tertiary/aromatic N) is 2. The Morgan fingerprint density at radius 2 is 0.710 bits per heavy atom. The second-order valence-corrected chi connectivity index (χ2v) is 11.9. The molecule has 0 bridgehead atoms. The first-order chi connectivity index (χ1) is 15.1. The van der Waals surface area contributed by atoms with Crippen molar-refractivity contribution in [1.82, 2.24) is 8.68 Å². The fourth-order valence-corrected chi connectivity index (χ4v) is 7.79. The molecule has 6 rings (SSSR count). The third-order valence-electron chi connectivity index (χ3n) is 6.09. The molecule has 0 atom stereocenters. The molecule has 0 radical (unpaired) electrons. The van der Waals surface area contributed by atoms with Crippen LogP contribution in [0.1, 0.15) is 20.8 Å². The molecule has 3 heteroatoms. The first kappa shape index (κ1) is 18.7. The Labute approximate surface area is 183 Å². The van der Waals surface area contributed by atoms with Crippen LogP contribution in [0.25, 0.3) is 43.6 Å². The summed E-state index contributed by atoms with van der Waals surface area (Å²) in [6, 6.07) is 35.4. The molecule has 0 unspecified atom stereocenters. The number of fused-ring (bicyclic) bond motifs is 6. The van der Waals surface area contributed by atoms with E-state index in [-0.39, 0.29) is 5.16 Å². The molecule has 0 aliphatic heterocycles. The van der Waals surface area contributed by atoms with E-state index < -0.39 is 8.22 Å². The zero-order valence-corrected chi connectivity index (χ0v) is 19.0. The molecule has 0 fully saturated rings. The number of rotatable bonds is 2. The van der Waals surface area contributed by atoms with Crippen LogP contribution in [-0.2, 0) is 0 Å². The van der Waals surface area contributed by atoms with Gasteiger partial charge in [-0.1, -0.05) is 93.6 Å². The summed E-state index contributed by atoms with van der Waals surface area (Å²) in [5, 5.41) is 5.36. The summed E-state index contributed by atoms with van der Waals surface area (Å²) in [6.07, 6.45) is 0. The summed E-state index contributed by atoms with van der Waals surface area (Å²) in [5.74, 6) is 0. The fourth-order valence-electron chi connectivity index (χ4n) is 4.90. The van der Waals surface area contributed by atoms with Crippen molar-refractivity contribution < 1.29 is 0 Å². The third-order valence-corrected chi connectivity index (χ3v) is 8.91. The largest absolute Gasteiger partial charge is 0.301 e. The van der Waals surface area contributed by atoms with Gasteiger partial charge in [0.05, 0.1) is 22.1 Å². The zero-order valence-electron chi connectivity index (χ0n) is 18.1. The van der Waals surface area contributed by atoms with E-state index in [0.29, 0.717) is 0 Å². The molecular weight excluding hydrogens is 395 g/mol. The summed E-state index contributed by atoms with van der Waals surface area (Å²) in [5.41, 5.74) is 5.25. The molecule has 0 saturated heterocycles. The third kappa shape index (κ3) is 2.68. The Bertz CT molecular complexity index is 1360. The van der Waals surface area contributed by atoms with E-state index in [1.165, 1.54) is 43.6 Å². The predicted molar refractivity (Wildman–Crippen MR) is 136 cm³/mol. The van der Waals surface area contributed by atoms with Crippen molar-refractivity contribution in [3.8, 4) is 0 Å². The van der Waals surface area contributed by atoms with E-state index in [1.54, 1.807) is 0 Å². The van der Waals surface area contributed by atoms with E-state index in [1.807, 2.05) is 0 Å². The van der Waals surface area contributed by atoms with Crippen molar-refractivity contribution in [3.63, 3.8) is 0 Å². The highest BCUT2D eigenvalue weighted by molar-refractivity contribution is 7.57.